The molecule has 1 aliphatic carbocycles. The van der Waals surface area contributed by atoms with Crippen molar-refractivity contribution in [2.45, 2.75) is 58.6 Å². The Balaban J connectivity index is 1.80. The molecule has 0 fully saturated rings. The molecule has 0 radical (unpaired) electrons. The fourth-order valence-corrected chi connectivity index (χ4v) is 3.76. The molecule has 1 aliphatic rings. The average molecular weight is 312 g/mol. The van der Waals surface area contributed by atoms with Crippen molar-refractivity contribution in [1.82, 2.24) is 10.3 Å². The van der Waals surface area contributed by atoms with Gasteiger partial charge in [0.2, 0.25) is 0 Å². The Morgan fingerprint density at radius 1 is 1.43 bits per heavy atom. The fraction of sp³-hybridized carbons (Fsp3) is 0.812. The van der Waals surface area contributed by atoms with Gasteiger partial charge in [-0.05, 0) is 31.6 Å². The van der Waals surface area contributed by atoms with Crippen molar-refractivity contribution in [1.29, 1.82) is 0 Å². The number of thiazole rings is 1. The Labute approximate surface area is 131 Å². The zero-order chi connectivity index (χ0) is 15.2. The summed E-state index contributed by atoms with van der Waals surface area (Å²) < 4.78 is 5.49. The Bertz CT molecular complexity index is 434. The van der Waals surface area contributed by atoms with Crippen molar-refractivity contribution in [3.8, 4) is 0 Å². The van der Waals surface area contributed by atoms with E-state index in [0.717, 1.165) is 19.3 Å². The van der Waals surface area contributed by atoms with E-state index in [1.807, 2.05) is 11.3 Å². The van der Waals surface area contributed by atoms with Crippen LogP contribution in [0.1, 0.15) is 55.2 Å². The molecular formula is C16H28N2O2S. The molecule has 2 rings (SSSR count). The quantitative estimate of drug-likeness (QED) is 0.775. The lowest BCUT2D eigenvalue weighted by Crippen LogP contribution is -2.34. The van der Waals surface area contributed by atoms with E-state index in [9.17, 15) is 5.11 Å². The van der Waals surface area contributed by atoms with Crippen LogP contribution in [0.4, 0.5) is 0 Å². The largest absolute Gasteiger partial charge is 0.389 e. The molecule has 21 heavy (non-hydrogen) atoms. The number of ether oxygens (including phenoxy) is 1. The minimum atomic E-state index is -0.437. The standard InChI is InChI=1S/C16H28N2O2S/c1-4-15-18-14-7-5-6-13(16(14)21-15)17-8-12(19)10-20-9-11(2)3/h11-13,17,19H,4-10H2,1-3H3. The lowest BCUT2D eigenvalue weighted by molar-refractivity contribution is 0.0247. The van der Waals surface area contributed by atoms with E-state index >= 15 is 0 Å². The molecule has 1 aromatic rings. The molecule has 120 valence electrons. The maximum atomic E-state index is 9.99. The van der Waals surface area contributed by atoms with Gasteiger partial charge in [-0.1, -0.05) is 20.8 Å². The molecule has 5 heteroatoms. The fourth-order valence-electron chi connectivity index (χ4n) is 2.59. The van der Waals surface area contributed by atoms with Gasteiger partial charge >= 0.3 is 0 Å². The number of nitrogens with one attached hydrogen (secondary N) is 1. The van der Waals surface area contributed by atoms with Crippen molar-refractivity contribution in [2.24, 2.45) is 5.92 Å². The van der Waals surface area contributed by atoms with E-state index in [-0.39, 0.29) is 0 Å². The molecule has 0 spiro atoms. The van der Waals surface area contributed by atoms with Crippen LogP contribution >= 0.6 is 11.3 Å². The lowest BCUT2D eigenvalue weighted by atomic mass is 9.98. The van der Waals surface area contributed by atoms with E-state index in [1.165, 1.54) is 22.0 Å². The van der Waals surface area contributed by atoms with E-state index in [4.69, 9.17) is 9.72 Å². The van der Waals surface area contributed by atoms with Crippen LogP contribution in [0, 0.1) is 5.92 Å². The Morgan fingerprint density at radius 2 is 2.24 bits per heavy atom. The molecule has 0 aliphatic heterocycles. The van der Waals surface area contributed by atoms with Gasteiger partial charge < -0.3 is 15.2 Å². The molecule has 2 unspecified atom stereocenters. The van der Waals surface area contributed by atoms with Gasteiger partial charge in [0.1, 0.15) is 0 Å². The van der Waals surface area contributed by atoms with Crippen LogP contribution in [-0.4, -0.2) is 36.0 Å². The Hall–Kier alpha value is -0.490. The molecule has 0 bridgehead atoms. The normalized spacial score (nSPS) is 19.8. The SMILES string of the molecule is CCc1nc2c(s1)C(NCC(O)COCC(C)C)CCC2. The van der Waals surface area contributed by atoms with Crippen LogP contribution in [0.2, 0.25) is 0 Å². The summed E-state index contributed by atoms with van der Waals surface area (Å²) in [7, 11) is 0. The van der Waals surface area contributed by atoms with Crippen molar-refractivity contribution in [2.75, 3.05) is 19.8 Å². The van der Waals surface area contributed by atoms with Crippen molar-refractivity contribution >= 4 is 11.3 Å². The zero-order valence-electron chi connectivity index (χ0n) is 13.4. The number of hydrogen-bond acceptors (Lipinski definition) is 5. The summed E-state index contributed by atoms with van der Waals surface area (Å²) in [5.74, 6) is 0.510. The van der Waals surface area contributed by atoms with Gasteiger partial charge in [-0.2, -0.15) is 0 Å². The molecule has 0 saturated carbocycles. The first kappa shape index (κ1) is 16.9. The number of fused-ring (bicyclic) bond motifs is 1. The summed E-state index contributed by atoms with van der Waals surface area (Å²) in [4.78, 5) is 6.09. The molecular weight excluding hydrogens is 284 g/mol. The Kier molecular flexibility index (Phi) is 6.61. The van der Waals surface area contributed by atoms with E-state index < -0.39 is 6.10 Å². The molecule has 1 heterocycles. The first-order chi connectivity index (χ1) is 10.1. The minimum absolute atomic E-state index is 0.353. The summed E-state index contributed by atoms with van der Waals surface area (Å²) in [6.45, 7) is 8.09. The van der Waals surface area contributed by atoms with Gasteiger partial charge in [-0.3, -0.25) is 0 Å². The zero-order valence-corrected chi connectivity index (χ0v) is 14.2. The summed E-state index contributed by atoms with van der Waals surface area (Å²) in [6.07, 6.45) is 3.99. The highest BCUT2D eigenvalue weighted by molar-refractivity contribution is 7.11. The summed E-state index contributed by atoms with van der Waals surface area (Å²) in [6, 6.07) is 0.353. The van der Waals surface area contributed by atoms with Gasteiger partial charge in [0.15, 0.2) is 0 Å². The van der Waals surface area contributed by atoms with Gasteiger partial charge in [0, 0.05) is 24.1 Å². The van der Waals surface area contributed by atoms with E-state index in [1.54, 1.807) is 0 Å². The first-order valence-electron chi connectivity index (χ1n) is 8.07. The molecule has 2 atom stereocenters. The van der Waals surface area contributed by atoms with Crippen molar-refractivity contribution < 1.29 is 9.84 Å². The molecule has 2 N–H and O–H groups in total. The van der Waals surface area contributed by atoms with Crippen LogP contribution in [-0.2, 0) is 17.6 Å². The van der Waals surface area contributed by atoms with Crippen LogP contribution in [0.3, 0.4) is 0 Å². The summed E-state index contributed by atoms with van der Waals surface area (Å²) in [5, 5.41) is 14.7. The highest BCUT2D eigenvalue weighted by Gasteiger charge is 2.24. The van der Waals surface area contributed by atoms with E-state index in [2.05, 4.69) is 26.1 Å². The van der Waals surface area contributed by atoms with Crippen LogP contribution in [0.5, 0.6) is 0 Å². The Morgan fingerprint density at radius 3 is 2.95 bits per heavy atom. The number of aryl methyl sites for hydroxylation is 2. The number of aliphatic hydroxyl groups is 1. The van der Waals surface area contributed by atoms with Gasteiger partial charge in [0.05, 0.1) is 23.4 Å². The topological polar surface area (TPSA) is 54.4 Å². The monoisotopic (exact) mass is 312 g/mol. The number of hydrogen-bond donors (Lipinski definition) is 2. The number of aromatic nitrogens is 1. The van der Waals surface area contributed by atoms with Crippen molar-refractivity contribution in [3.63, 3.8) is 0 Å². The minimum Gasteiger partial charge on any atom is -0.389 e. The second-order valence-electron chi connectivity index (χ2n) is 6.21. The number of rotatable bonds is 8. The average Bonchev–Trinajstić information content (AvgIpc) is 2.88. The molecule has 4 nitrogen and oxygen atoms in total. The highest BCUT2D eigenvalue weighted by atomic mass is 32.1. The second-order valence-corrected chi connectivity index (χ2v) is 7.33. The number of nitrogens with zero attached hydrogens (tertiary/aromatic N) is 1. The second kappa shape index (κ2) is 8.22. The van der Waals surface area contributed by atoms with Crippen molar-refractivity contribution in [3.05, 3.63) is 15.6 Å². The highest BCUT2D eigenvalue weighted by Crippen LogP contribution is 2.34. The third kappa shape index (κ3) is 5.02. The van der Waals surface area contributed by atoms with Gasteiger partial charge in [0.25, 0.3) is 0 Å². The molecule has 1 aromatic heterocycles. The van der Waals surface area contributed by atoms with Gasteiger partial charge in [-0.25, -0.2) is 4.98 Å². The number of aliphatic hydroxyl groups excluding tert-OH is 1. The molecule has 0 aromatic carbocycles. The smallest absolute Gasteiger partial charge is 0.0928 e. The maximum absolute atomic E-state index is 9.99. The van der Waals surface area contributed by atoms with Crippen LogP contribution in [0.25, 0.3) is 0 Å². The van der Waals surface area contributed by atoms with Crippen LogP contribution < -0.4 is 5.32 Å². The predicted molar refractivity (Wildman–Crippen MR) is 86.8 cm³/mol. The third-order valence-electron chi connectivity index (χ3n) is 3.66. The third-order valence-corrected chi connectivity index (χ3v) is 5.01. The summed E-state index contributed by atoms with van der Waals surface area (Å²) in [5.41, 5.74) is 1.27. The maximum Gasteiger partial charge on any atom is 0.0928 e. The predicted octanol–water partition coefficient (Wildman–Crippen LogP) is 2.71. The first-order valence-corrected chi connectivity index (χ1v) is 8.89. The molecule has 0 amide bonds. The molecule has 0 saturated heterocycles. The van der Waals surface area contributed by atoms with Crippen LogP contribution in [0.15, 0.2) is 0 Å². The lowest BCUT2D eigenvalue weighted by Gasteiger charge is -2.24. The van der Waals surface area contributed by atoms with E-state index in [0.29, 0.717) is 31.7 Å². The van der Waals surface area contributed by atoms with Gasteiger partial charge in [-0.15, -0.1) is 11.3 Å². The summed E-state index contributed by atoms with van der Waals surface area (Å²) >= 11 is 1.83.